The van der Waals surface area contributed by atoms with Gasteiger partial charge in [-0.05, 0) is 5.53 Å². The van der Waals surface area contributed by atoms with E-state index >= 15 is 0 Å². The van der Waals surface area contributed by atoms with Crippen LogP contribution in [-0.2, 0) is 4.79 Å². The molecule has 0 heterocycles. The lowest BCUT2D eigenvalue weighted by Gasteiger charge is -2.03. The Labute approximate surface area is 58.0 Å². The molecule has 0 radical (unpaired) electrons. The molecule has 0 saturated carbocycles. The second kappa shape index (κ2) is 4.60. The number of azide groups is 1. The van der Waals surface area contributed by atoms with E-state index in [2.05, 4.69) is 10.0 Å². The van der Waals surface area contributed by atoms with Crippen molar-refractivity contribution in [3.8, 4) is 0 Å². The smallest absolute Gasteiger partial charge is 0.236 e. The van der Waals surface area contributed by atoms with Crippen LogP contribution in [0.15, 0.2) is 5.11 Å². The second-order valence-corrected chi connectivity index (χ2v) is 1.82. The normalized spacial score (nSPS) is 11.4. The van der Waals surface area contributed by atoms with Crippen LogP contribution in [0.25, 0.3) is 10.4 Å². The maximum Gasteiger partial charge on any atom is 0.236 e. The molecule has 0 saturated heterocycles. The molecule has 0 fully saturated rings. The third kappa shape index (κ3) is 2.91. The first-order chi connectivity index (χ1) is 4.72. The van der Waals surface area contributed by atoms with Gasteiger partial charge in [-0.2, -0.15) is 0 Å². The van der Waals surface area contributed by atoms with Gasteiger partial charge in [0, 0.05) is 17.4 Å². The Hall–Kier alpha value is -1.26. The van der Waals surface area contributed by atoms with E-state index in [9.17, 15) is 4.79 Å². The number of nitrogens with zero attached hydrogens (tertiary/aromatic N) is 3. The van der Waals surface area contributed by atoms with Gasteiger partial charge in [0.1, 0.15) is 0 Å². The van der Waals surface area contributed by atoms with Gasteiger partial charge in [0.05, 0.1) is 0 Å². The Morgan fingerprint density at radius 2 is 2.60 bits per heavy atom. The molecular weight excluding hydrogens is 134 g/mol. The predicted molar refractivity (Wildman–Crippen MR) is 35.5 cm³/mol. The van der Waals surface area contributed by atoms with Crippen molar-refractivity contribution in [3.63, 3.8) is 0 Å². The summed E-state index contributed by atoms with van der Waals surface area (Å²) in [5, 5.41) is 3.20. The summed E-state index contributed by atoms with van der Waals surface area (Å²) < 4.78 is 0. The van der Waals surface area contributed by atoms with E-state index in [4.69, 9.17) is 11.4 Å². The first kappa shape index (κ1) is 8.74. The lowest BCUT2D eigenvalue weighted by atomic mass is 10.2. The first-order valence-electron chi connectivity index (χ1n) is 2.73. The Kier molecular flexibility index (Phi) is 4.02. The standard InChI is InChI=1S/C4H9N5O/c1-3(2-7-9-6)4(10)8-5/h3H,2,5H2,1H3,(H,8,10). The molecule has 1 atom stereocenters. The zero-order valence-electron chi connectivity index (χ0n) is 5.61. The minimum absolute atomic E-state index is 0.138. The van der Waals surface area contributed by atoms with E-state index in [0.29, 0.717) is 0 Å². The molecule has 10 heavy (non-hydrogen) atoms. The van der Waals surface area contributed by atoms with Gasteiger partial charge in [-0.25, -0.2) is 5.84 Å². The van der Waals surface area contributed by atoms with Crippen LogP contribution < -0.4 is 11.3 Å². The molecule has 1 amide bonds. The van der Waals surface area contributed by atoms with Gasteiger partial charge in [0.15, 0.2) is 0 Å². The molecule has 0 spiro atoms. The Bertz CT molecular complexity index is 161. The summed E-state index contributed by atoms with van der Waals surface area (Å²) in [6, 6.07) is 0. The van der Waals surface area contributed by atoms with Gasteiger partial charge in [0.25, 0.3) is 0 Å². The Morgan fingerprint density at radius 1 is 2.00 bits per heavy atom. The fraction of sp³-hybridized carbons (Fsp3) is 0.750. The second-order valence-electron chi connectivity index (χ2n) is 1.82. The molecule has 0 aromatic carbocycles. The van der Waals surface area contributed by atoms with Gasteiger partial charge in [-0.15, -0.1) is 0 Å². The predicted octanol–water partition coefficient (Wildman–Crippen LogP) is -0.0773. The molecule has 0 aliphatic heterocycles. The monoisotopic (exact) mass is 143 g/mol. The summed E-state index contributed by atoms with van der Waals surface area (Å²) >= 11 is 0. The van der Waals surface area contributed by atoms with E-state index in [1.165, 1.54) is 0 Å². The van der Waals surface area contributed by atoms with Crippen LogP contribution in [0.4, 0.5) is 0 Å². The van der Waals surface area contributed by atoms with Crippen LogP contribution in [0.1, 0.15) is 6.92 Å². The van der Waals surface area contributed by atoms with Gasteiger partial charge in [0.2, 0.25) is 5.91 Å². The van der Waals surface area contributed by atoms with Crippen LogP contribution in [0.2, 0.25) is 0 Å². The van der Waals surface area contributed by atoms with E-state index in [1.807, 2.05) is 5.43 Å². The summed E-state index contributed by atoms with van der Waals surface area (Å²) in [5.41, 5.74) is 9.82. The number of hydrazine groups is 1. The zero-order chi connectivity index (χ0) is 7.98. The van der Waals surface area contributed by atoms with Crippen LogP contribution in [-0.4, -0.2) is 12.5 Å². The van der Waals surface area contributed by atoms with Crippen molar-refractivity contribution in [1.29, 1.82) is 0 Å². The number of nitrogens with one attached hydrogen (secondary N) is 1. The van der Waals surface area contributed by atoms with Crippen molar-refractivity contribution in [3.05, 3.63) is 10.4 Å². The van der Waals surface area contributed by atoms with Crippen molar-refractivity contribution in [1.82, 2.24) is 5.43 Å². The molecule has 0 aliphatic rings. The number of amides is 1. The quantitative estimate of drug-likeness (QED) is 0.144. The molecule has 0 aromatic rings. The number of hydrogen-bond acceptors (Lipinski definition) is 3. The van der Waals surface area contributed by atoms with Crippen LogP contribution in [0.5, 0.6) is 0 Å². The average Bonchev–Trinajstić information content (AvgIpc) is 1.98. The fourth-order valence-electron chi connectivity index (χ4n) is 0.384. The summed E-state index contributed by atoms with van der Waals surface area (Å²) in [6.45, 7) is 1.76. The highest BCUT2D eigenvalue weighted by atomic mass is 16.2. The minimum atomic E-state index is -0.360. The highest BCUT2D eigenvalue weighted by molar-refractivity contribution is 5.77. The summed E-state index contributed by atoms with van der Waals surface area (Å²) in [6.07, 6.45) is 0. The molecule has 6 nitrogen and oxygen atoms in total. The molecular formula is C4H9N5O. The van der Waals surface area contributed by atoms with Crippen molar-refractivity contribution >= 4 is 5.91 Å². The molecule has 56 valence electrons. The largest absolute Gasteiger partial charge is 0.294 e. The number of carbonyl (C=O) groups is 1. The molecule has 3 N–H and O–H groups in total. The zero-order valence-corrected chi connectivity index (χ0v) is 5.61. The number of rotatable bonds is 3. The molecule has 0 aromatic heterocycles. The van der Waals surface area contributed by atoms with Crippen LogP contribution >= 0.6 is 0 Å². The number of carbonyl (C=O) groups excluding carboxylic acids is 1. The van der Waals surface area contributed by atoms with Crippen molar-refractivity contribution in [2.45, 2.75) is 6.92 Å². The summed E-state index contributed by atoms with van der Waals surface area (Å²) in [5.74, 6) is 4.12. The van der Waals surface area contributed by atoms with E-state index in [-0.39, 0.29) is 18.4 Å². The van der Waals surface area contributed by atoms with E-state index < -0.39 is 0 Å². The van der Waals surface area contributed by atoms with Crippen LogP contribution in [0.3, 0.4) is 0 Å². The molecule has 1 unspecified atom stereocenters. The number of hydrogen-bond donors (Lipinski definition) is 2. The highest BCUT2D eigenvalue weighted by Crippen LogP contribution is 1.93. The molecule has 0 rings (SSSR count). The lowest BCUT2D eigenvalue weighted by molar-refractivity contribution is -0.124. The summed E-state index contributed by atoms with van der Waals surface area (Å²) in [4.78, 5) is 13.1. The lowest BCUT2D eigenvalue weighted by Crippen LogP contribution is -2.35. The van der Waals surface area contributed by atoms with Gasteiger partial charge >= 0.3 is 0 Å². The number of nitrogens with two attached hydrogens (primary N) is 1. The first-order valence-corrected chi connectivity index (χ1v) is 2.73. The summed E-state index contributed by atoms with van der Waals surface area (Å²) in [7, 11) is 0. The minimum Gasteiger partial charge on any atom is -0.294 e. The molecule has 6 heteroatoms. The van der Waals surface area contributed by atoms with Crippen LogP contribution in [0, 0.1) is 5.92 Å². The van der Waals surface area contributed by atoms with E-state index in [0.717, 1.165) is 0 Å². The average molecular weight is 143 g/mol. The van der Waals surface area contributed by atoms with E-state index in [1.54, 1.807) is 6.92 Å². The molecule has 0 aliphatic carbocycles. The third-order valence-electron chi connectivity index (χ3n) is 1.01. The Morgan fingerprint density at radius 3 is 3.00 bits per heavy atom. The third-order valence-corrected chi connectivity index (χ3v) is 1.01. The fourth-order valence-corrected chi connectivity index (χ4v) is 0.384. The highest BCUT2D eigenvalue weighted by Gasteiger charge is 2.08. The topological polar surface area (TPSA) is 104 Å². The SMILES string of the molecule is CC(CN=[N+]=[N-])C(=O)NN. The van der Waals surface area contributed by atoms with Crippen molar-refractivity contribution in [2.75, 3.05) is 6.54 Å². The molecule has 0 bridgehead atoms. The van der Waals surface area contributed by atoms with Gasteiger partial charge < -0.3 is 0 Å². The van der Waals surface area contributed by atoms with Gasteiger partial charge in [-0.1, -0.05) is 12.0 Å². The maximum absolute atomic E-state index is 10.6. The van der Waals surface area contributed by atoms with Crippen molar-refractivity contribution in [2.24, 2.45) is 16.9 Å². The van der Waals surface area contributed by atoms with Gasteiger partial charge in [-0.3, -0.25) is 10.2 Å². The maximum atomic E-state index is 10.6. The Balaban J connectivity index is 3.72. The van der Waals surface area contributed by atoms with Crippen molar-refractivity contribution < 1.29 is 4.79 Å².